The Labute approximate surface area is 125 Å². The fraction of sp³-hybridized carbons (Fsp3) is 0.625. The molecule has 3 heteroatoms. The molecule has 0 bridgehead atoms. The average molecular weight is 330 g/mol. The van der Waals surface area contributed by atoms with E-state index in [4.69, 9.17) is 0 Å². The van der Waals surface area contributed by atoms with Crippen molar-refractivity contribution in [2.75, 3.05) is 6.54 Å². The lowest BCUT2D eigenvalue weighted by Crippen LogP contribution is -2.39. The summed E-state index contributed by atoms with van der Waals surface area (Å²) in [7, 11) is 0. The van der Waals surface area contributed by atoms with Gasteiger partial charge in [-0.05, 0) is 55.0 Å². The second-order valence-electron chi connectivity index (χ2n) is 5.60. The largest absolute Gasteiger partial charge is 0.313 e. The van der Waals surface area contributed by atoms with Gasteiger partial charge in [-0.2, -0.15) is 0 Å². The van der Waals surface area contributed by atoms with Gasteiger partial charge >= 0.3 is 0 Å². The summed E-state index contributed by atoms with van der Waals surface area (Å²) in [5.41, 5.74) is 1.04. The van der Waals surface area contributed by atoms with Crippen molar-refractivity contribution < 1.29 is 4.39 Å². The molecule has 108 valence electrons. The third kappa shape index (κ3) is 5.23. The molecule has 0 aliphatic heterocycles. The van der Waals surface area contributed by atoms with Gasteiger partial charge in [0.1, 0.15) is 5.82 Å². The van der Waals surface area contributed by atoms with Crippen LogP contribution in [0, 0.1) is 17.7 Å². The van der Waals surface area contributed by atoms with Crippen LogP contribution in [0.4, 0.5) is 4.39 Å². The predicted molar refractivity (Wildman–Crippen MR) is 83.9 cm³/mol. The Kier molecular flexibility index (Phi) is 7.01. The first-order valence-electron chi connectivity index (χ1n) is 7.13. The summed E-state index contributed by atoms with van der Waals surface area (Å²) in [5, 5.41) is 3.60. The molecule has 1 aromatic carbocycles. The van der Waals surface area contributed by atoms with E-state index in [1.807, 2.05) is 0 Å². The van der Waals surface area contributed by atoms with Gasteiger partial charge in [0, 0.05) is 10.5 Å². The van der Waals surface area contributed by atoms with E-state index in [-0.39, 0.29) is 5.82 Å². The molecule has 0 amide bonds. The number of benzene rings is 1. The fourth-order valence-corrected chi connectivity index (χ4v) is 2.58. The Morgan fingerprint density at radius 2 is 1.95 bits per heavy atom. The van der Waals surface area contributed by atoms with Gasteiger partial charge in [-0.25, -0.2) is 4.39 Å². The Balaban J connectivity index is 2.83. The smallest absolute Gasteiger partial charge is 0.123 e. The van der Waals surface area contributed by atoms with E-state index in [0.717, 1.165) is 29.4 Å². The zero-order chi connectivity index (χ0) is 14.4. The molecule has 0 aliphatic rings. The van der Waals surface area contributed by atoms with Crippen LogP contribution in [0.2, 0.25) is 0 Å². The van der Waals surface area contributed by atoms with Crippen LogP contribution in [0.1, 0.15) is 39.7 Å². The van der Waals surface area contributed by atoms with Gasteiger partial charge in [-0.15, -0.1) is 0 Å². The van der Waals surface area contributed by atoms with E-state index in [1.165, 1.54) is 6.07 Å². The molecule has 0 aromatic heterocycles. The topological polar surface area (TPSA) is 12.0 Å². The summed E-state index contributed by atoms with van der Waals surface area (Å²) in [4.78, 5) is 0. The van der Waals surface area contributed by atoms with Gasteiger partial charge in [0.05, 0.1) is 0 Å². The average Bonchev–Trinajstić information content (AvgIpc) is 2.37. The molecule has 1 rings (SSSR count). The van der Waals surface area contributed by atoms with Crippen LogP contribution >= 0.6 is 15.9 Å². The lowest BCUT2D eigenvalue weighted by atomic mass is 9.86. The summed E-state index contributed by atoms with van der Waals surface area (Å²) in [6.45, 7) is 9.93. The molecule has 1 N–H and O–H groups in total. The molecule has 0 radical (unpaired) electrons. The molecule has 0 saturated carbocycles. The molecule has 0 spiro atoms. The van der Waals surface area contributed by atoms with E-state index in [1.54, 1.807) is 12.1 Å². The van der Waals surface area contributed by atoms with Crippen LogP contribution in [0.15, 0.2) is 22.7 Å². The second-order valence-corrected chi connectivity index (χ2v) is 6.46. The highest BCUT2D eigenvalue weighted by Gasteiger charge is 2.21. The maximum Gasteiger partial charge on any atom is 0.123 e. The third-order valence-electron chi connectivity index (χ3n) is 3.79. The fourth-order valence-electron chi connectivity index (χ4n) is 2.17. The summed E-state index contributed by atoms with van der Waals surface area (Å²) >= 11 is 3.52. The molecule has 1 aromatic rings. The zero-order valence-corrected chi connectivity index (χ0v) is 13.9. The van der Waals surface area contributed by atoms with Gasteiger partial charge in [0.15, 0.2) is 0 Å². The van der Waals surface area contributed by atoms with E-state index in [9.17, 15) is 4.39 Å². The van der Waals surface area contributed by atoms with Crippen LogP contribution in [0.5, 0.6) is 0 Å². The summed E-state index contributed by atoms with van der Waals surface area (Å²) in [6, 6.07) is 5.31. The highest BCUT2D eigenvalue weighted by molar-refractivity contribution is 9.10. The Hall–Kier alpha value is -0.410. The standard InChI is InChI=1S/C16H25BrFN/c1-5-8-19-16(12(4)11(2)3)10-13-9-14(18)6-7-15(13)17/h6-7,9,11-12,16,19H,5,8,10H2,1-4H3. The van der Waals surface area contributed by atoms with Crippen LogP contribution in [-0.2, 0) is 6.42 Å². The molecule has 19 heavy (non-hydrogen) atoms. The molecule has 0 aliphatic carbocycles. The first kappa shape index (κ1) is 16.6. The number of rotatable bonds is 7. The molecule has 1 nitrogen and oxygen atoms in total. The molecule has 2 atom stereocenters. The van der Waals surface area contributed by atoms with Crippen molar-refractivity contribution in [3.8, 4) is 0 Å². The first-order chi connectivity index (χ1) is 8.95. The molecule has 0 heterocycles. The van der Waals surface area contributed by atoms with Crippen LogP contribution in [-0.4, -0.2) is 12.6 Å². The second kappa shape index (κ2) is 8.01. The number of hydrogen-bond acceptors (Lipinski definition) is 1. The monoisotopic (exact) mass is 329 g/mol. The predicted octanol–water partition coefficient (Wildman–Crippen LogP) is 4.79. The maximum atomic E-state index is 13.4. The van der Waals surface area contributed by atoms with Crippen molar-refractivity contribution in [2.24, 2.45) is 11.8 Å². The van der Waals surface area contributed by atoms with Gasteiger partial charge in [-0.3, -0.25) is 0 Å². The highest BCUT2D eigenvalue weighted by atomic mass is 79.9. The Bertz CT molecular complexity index is 392. The molecular weight excluding hydrogens is 305 g/mol. The van der Waals surface area contributed by atoms with Crippen molar-refractivity contribution in [1.29, 1.82) is 0 Å². The van der Waals surface area contributed by atoms with Crippen molar-refractivity contribution in [3.05, 3.63) is 34.1 Å². The molecule has 2 unspecified atom stereocenters. The van der Waals surface area contributed by atoms with Crippen LogP contribution < -0.4 is 5.32 Å². The van der Waals surface area contributed by atoms with Crippen LogP contribution in [0.25, 0.3) is 0 Å². The number of halogens is 2. The minimum atomic E-state index is -0.162. The van der Waals surface area contributed by atoms with Gasteiger partial charge < -0.3 is 5.32 Å². The maximum absolute atomic E-state index is 13.4. The normalized spacial score (nSPS) is 14.7. The lowest BCUT2D eigenvalue weighted by Gasteiger charge is -2.28. The lowest BCUT2D eigenvalue weighted by molar-refractivity contribution is 0.296. The number of nitrogens with one attached hydrogen (secondary N) is 1. The highest BCUT2D eigenvalue weighted by Crippen LogP contribution is 2.24. The van der Waals surface area contributed by atoms with Crippen LogP contribution in [0.3, 0.4) is 0 Å². The third-order valence-corrected chi connectivity index (χ3v) is 4.56. The molecule has 0 saturated heterocycles. The summed E-state index contributed by atoms with van der Waals surface area (Å²) in [5.74, 6) is 1.01. The van der Waals surface area contributed by atoms with Crippen molar-refractivity contribution in [1.82, 2.24) is 5.32 Å². The summed E-state index contributed by atoms with van der Waals surface area (Å²) < 4.78 is 14.4. The Morgan fingerprint density at radius 1 is 1.26 bits per heavy atom. The van der Waals surface area contributed by atoms with Gasteiger partial charge in [0.2, 0.25) is 0 Å². The van der Waals surface area contributed by atoms with Gasteiger partial charge in [0.25, 0.3) is 0 Å². The van der Waals surface area contributed by atoms with E-state index < -0.39 is 0 Å². The first-order valence-corrected chi connectivity index (χ1v) is 7.92. The zero-order valence-electron chi connectivity index (χ0n) is 12.3. The number of hydrogen-bond donors (Lipinski definition) is 1. The molecular formula is C16H25BrFN. The minimum Gasteiger partial charge on any atom is -0.313 e. The Morgan fingerprint density at radius 3 is 2.53 bits per heavy atom. The van der Waals surface area contributed by atoms with E-state index >= 15 is 0 Å². The van der Waals surface area contributed by atoms with Crippen molar-refractivity contribution in [2.45, 2.75) is 46.6 Å². The quantitative estimate of drug-likeness (QED) is 0.758. The summed E-state index contributed by atoms with van der Waals surface area (Å²) in [6.07, 6.45) is 1.98. The minimum absolute atomic E-state index is 0.162. The van der Waals surface area contributed by atoms with Crippen molar-refractivity contribution >= 4 is 15.9 Å². The molecule has 0 fully saturated rings. The SMILES string of the molecule is CCCNC(Cc1cc(F)ccc1Br)C(C)C(C)C. The van der Waals surface area contributed by atoms with E-state index in [2.05, 4.69) is 48.9 Å². The van der Waals surface area contributed by atoms with Gasteiger partial charge in [-0.1, -0.05) is 43.6 Å². The van der Waals surface area contributed by atoms with Crippen molar-refractivity contribution in [3.63, 3.8) is 0 Å². The van der Waals surface area contributed by atoms with E-state index in [0.29, 0.717) is 17.9 Å².